The third-order valence-electron chi connectivity index (χ3n) is 4.06. The molecule has 0 saturated carbocycles. The second-order valence-corrected chi connectivity index (χ2v) is 8.03. The first-order valence-electron chi connectivity index (χ1n) is 8.45. The van der Waals surface area contributed by atoms with Gasteiger partial charge in [0.15, 0.2) is 5.96 Å². The average molecular weight is 333 g/mol. The van der Waals surface area contributed by atoms with E-state index in [0.29, 0.717) is 19.0 Å². The lowest BCUT2D eigenvalue weighted by molar-refractivity contribution is 0.397. The fourth-order valence-electron chi connectivity index (χ4n) is 2.81. The van der Waals surface area contributed by atoms with Crippen LogP contribution in [0.25, 0.3) is 0 Å². The second-order valence-electron chi connectivity index (χ2n) is 6.09. The third kappa shape index (κ3) is 7.45. The number of aliphatic imine (C=N–C) groups is 1. The van der Waals surface area contributed by atoms with Gasteiger partial charge in [0.25, 0.3) is 0 Å². The van der Waals surface area contributed by atoms with Crippen molar-refractivity contribution in [2.45, 2.75) is 64.3 Å². The molecule has 1 saturated heterocycles. The van der Waals surface area contributed by atoms with E-state index >= 15 is 0 Å². The maximum atomic E-state index is 11.6. The number of hydrogen-bond acceptors (Lipinski definition) is 3. The number of hydrogen-bond donors (Lipinski definition) is 2. The van der Waals surface area contributed by atoms with Crippen LogP contribution < -0.4 is 11.1 Å². The van der Waals surface area contributed by atoms with E-state index in [0.717, 1.165) is 25.8 Å². The Kier molecular flexibility index (Phi) is 8.78. The summed E-state index contributed by atoms with van der Waals surface area (Å²) in [6.45, 7) is 4.10. The monoisotopic (exact) mass is 332 g/mol. The van der Waals surface area contributed by atoms with E-state index in [-0.39, 0.29) is 6.04 Å². The molecule has 130 valence electrons. The van der Waals surface area contributed by atoms with E-state index in [4.69, 9.17) is 5.73 Å². The molecule has 1 atom stereocenters. The van der Waals surface area contributed by atoms with Crippen LogP contribution in [-0.2, 0) is 10.0 Å². The summed E-state index contributed by atoms with van der Waals surface area (Å²) < 4.78 is 24.8. The molecule has 1 rings (SSSR count). The molecular weight excluding hydrogens is 300 g/mol. The summed E-state index contributed by atoms with van der Waals surface area (Å²) in [4.78, 5) is 4.29. The highest BCUT2D eigenvalue weighted by Crippen LogP contribution is 2.20. The summed E-state index contributed by atoms with van der Waals surface area (Å²) in [6.07, 6.45) is 10.5. The molecular formula is C15H32N4O2S. The van der Waals surface area contributed by atoms with Crippen molar-refractivity contribution in [3.63, 3.8) is 0 Å². The summed E-state index contributed by atoms with van der Waals surface area (Å²) in [5.74, 6) is 0.425. The highest BCUT2D eigenvalue weighted by molar-refractivity contribution is 7.88. The van der Waals surface area contributed by atoms with E-state index in [1.807, 2.05) is 0 Å². The van der Waals surface area contributed by atoms with Crippen LogP contribution >= 0.6 is 0 Å². The van der Waals surface area contributed by atoms with Crippen molar-refractivity contribution in [1.29, 1.82) is 0 Å². The van der Waals surface area contributed by atoms with E-state index in [2.05, 4.69) is 17.2 Å². The molecule has 1 fully saturated rings. The van der Waals surface area contributed by atoms with Gasteiger partial charge in [0, 0.05) is 19.1 Å². The van der Waals surface area contributed by atoms with Crippen molar-refractivity contribution in [3.05, 3.63) is 0 Å². The summed E-state index contributed by atoms with van der Waals surface area (Å²) in [7, 11) is -3.13. The van der Waals surface area contributed by atoms with Gasteiger partial charge in [-0.15, -0.1) is 0 Å². The molecule has 7 heteroatoms. The third-order valence-corrected chi connectivity index (χ3v) is 5.39. The largest absolute Gasteiger partial charge is 0.370 e. The standard InChI is InChI=1S/C15H32N4O2S/c1-3-4-5-6-7-8-11-17-15(16)18-13-14-10-9-12-19(14)22(2,20)21/h14H,3-13H2,1-2H3,(H3,16,17,18)/t14-/m1/s1. The molecule has 0 aromatic rings. The Morgan fingerprint density at radius 2 is 1.95 bits per heavy atom. The van der Waals surface area contributed by atoms with Crippen LogP contribution in [0.2, 0.25) is 0 Å². The molecule has 0 radical (unpaired) electrons. The average Bonchev–Trinajstić information content (AvgIpc) is 2.92. The van der Waals surface area contributed by atoms with Gasteiger partial charge in [-0.1, -0.05) is 39.0 Å². The van der Waals surface area contributed by atoms with E-state index < -0.39 is 10.0 Å². The predicted molar refractivity (Wildman–Crippen MR) is 92.4 cm³/mol. The van der Waals surface area contributed by atoms with Crippen molar-refractivity contribution in [1.82, 2.24) is 9.62 Å². The molecule has 0 bridgehead atoms. The normalized spacial score (nSPS) is 20.5. The molecule has 1 aliphatic heterocycles. The van der Waals surface area contributed by atoms with Gasteiger partial charge in [-0.25, -0.2) is 8.42 Å². The zero-order valence-corrected chi connectivity index (χ0v) is 14.9. The zero-order chi connectivity index (χ0) is 16.4. The van der Waals surface area contributed by atoms with Crippen LogP contribution in [0.1, 0.15) is 58.3 Å². The molecule has 1 heterocycles. The smallest absolute Gasteiger partial charge is 0.211 e. The number of nitrogens with one attached hydrogen (secondary N) is 1. The molecule has 0 aromatic carbocycles. The first-order valence-corrected chi connectivity index (χ1v) is 10.3. The Bertz CT molecular complexity index is 437. The first-order chi connectivity index (χ1) is 10.4. The molecule has 0 unspecified atom stereocenters. The topological polar surface area (TPSA) is 87.8 Å². The minimum Gasteiger partial charge on any atom is -0.370 e. The van der Waals surface area contributed by atoms with E-state index in [1.54, 1.807) is 0 Å². The Labute approximate surface area is 135 Å². The van der Waals surface area contributed by atoms with Crippen LogP contribution in [0.15, 0.2) is 4.99 Å². The van der Waals surface area contributed by atoms with Gasteiger partial charge in [0.1, 0.15) is 0 Å². The Morgan fingerprint density at radius 3 is 2.64 bits per heavy atom. The molecule has 3 N–H and O–H groups in total. The molecule has 0 aliphatic carbocycles. The van der Waals surface area contributed by atoms with Gasteiger partial charge in [-0.3, -0.25) is 4.99 Å². The minimum atomic E-state index is -3.13. The van der Waals surface area contributed by atoms with Gasteiger partial charge >= 0.3 is 0 Å². The summed E-state index contributed by atoms with van der Waals surface area (Å²) in [5.41, 5.74) is 5.84. The van der Waals surface area contributed by atoms with Crippen molar-refractivity contribution >= 4 is 16.0 Å². The van der Waals surface area contributed by atoms with Crippen molar-refractivity contribution in [2.75, 3.05) is 25.9 Å². The lowest BCUT2D eigenvalue weighted by Gasteiger charge is -2.20. The number of sulfonamides is 1. The highest BCUT2D eigenvalue weighted by Gasteiger charge is 2.30. The molecule has 0 aromatic heterocycles. The first kappa shape index (κ1) is 19.2. The van der Waals surface area contributed by atoms with Gasteiger partial charge in [-0.2, -0.15) is 4.31 Å². The van der Waals surface area contributed by atoms with Crippen LogP contribution in [0.4, 0.5) is 0 Å². The quantitative estimate of drug-likeness (QED) is 0.362. The zero-order valence-electron chi connectivity index (χ0n) is 14.1. The van der Waals surface area contributed by atoms with Gasteiger partial charge < -0.3 is 11.1 Å². The number of guanidine groups is 1. The van der Waals surface area contributed by atoms with Gasteiger partial charge in [0.2, 0.25) is 10.0 Å². The summed E-state index contributed by atoms with van der Waals surface area (Å²) >= 11 is 0. The summed E-state index contributed by atoms with van der Waals surface area (Å²) in [6, 6.07) is -0.0376. The second kappa shape index (κ2) is 10.0. The molecule has 0 amide bonds. The Morgan fingerprint density at radius 1 is 1.27 bits per heavy atom. The van der Waals surface area contributed by atoms with E-state index in [1.165, 1.54) is 42.7 Å². The van der Waals surface area contributed by atoms with Crippen molar-refractivity contribution in [3.8, 4) is 0 Å². The highest BCUT2D eigenvalue weighted by atomic mass is 32.2. The Hall–Kier alpha value is -0.820. The van der Waals surface area contributed by atoms with Crippen LogP contribution in [0.5, 0.6) is 0 Å². The maximum absolute atomic E-state index is 11.6. The molecule has 1 aliphatic rings. The van der Waals surface area contributed by atoms with Crippen molar-refractivity contribution in [2.24, 2.45) is 10.7 Å². The fraction of sp³-hybridized carbons (Fsp3) is 0.933. The lowest BCUT2D eigenvalue weighted by Crippen LogP contribution is -2.38. The van der Waals surface area contributed by atoms with Crippen LogP contribution in [0.3, 0.4) is 0 Å². The van der Waals surface area contributed by atoms with Crippen LogP contribution in [-0.4, -0.2) is 50.6 Å². The van der Waals surface area contributed by atoms with Crippen molar-refractivity contribution < 1.29 is 8.42 Å². The SMILES string of the molecule is CCCCCCCCNC(N)=NC[C@H]1CCCN1S(C)(=O)=O. The molecule has 22 heavy (non-hydrogen) atoms. The van der Waals surface area contributed by atoms with Gasteiger partial charge in [0.05, 0.1) is 12.8 Å². The lowest BCUT2D eigenvalue weighted by atomic mass is 10.1. The molecule has 6 nitrogen and oxygen atoms in total. The fourth-order valence-corrected chi connectivity index (χ4v) is 3.98. The van der Waals surface area contributed by atoms with Crippen LogP contribution in [0, 0.1) is 0 Å². The predicted octanol–water partition coefficient (Wildman–Crippen LogP) is 1.68. The number of unbranched alkanes of at least 4 members (excludes halogenated alkanes) is 5. The number of nitrogens with zero attached hydrogens (tertiary/aromatic N) is 2. The van der Waals surface area contributed by atoms with E-state index in [9.17, 15) is 8.42 Å². The van der Waals surface area contributed by atoms with Gasteiger partial charge in [-0.05, 0) is 19.3 Å². The number of rotatable bonds is 10. The number of nitrogens with two attached hydrogens (primary N) is 1. The molecule has 0 spiro atoms. The minimum absolute atomic E-state index is 0.0376. The summed E-state index contributed by atoms with van der Waals surface area (Å²) in [5, 5.41) is 3.11. The maximum Gasteiger partial charge on any atom is 0.211 e. The Balaban J connectivity index is 2.20.